The van der Waals surface area contributed by atoms with Gasteiger partial charge in [-0.1, -0.05) is 24.4 Å². The summed E-state index contributed by atoms with van der Waals surface area (Å²) in [6.07, 6.45) is 5.78. The average Bonchev–Trinajstić information content (AvgIpc) is 3.37. The van der Waals surface area contributed by atoms with Crippen LogP contribution in [0.4, 0.5) is 5.69 Å². The van der Waals surface area contributed by atoms with Crippen LogP contribution in [-0.4, -0.2) is 52.3 Å². The lowest BCUT2D eigenvalue weighted by Gasteiger charge is -2.41. The second-order valence-electron chi connectivity index (χ2n) is 9.33. The fourth-order valence-corrected chi connectivity index (χ4v) is 5.21. The second kappa shape index (κ2) is 10.5. The molecule has 1 saturated carbocycles. The van der Waals surface area contributed by atoms with E-state index in [0.717, 1.165) is 43.6 Å². The van der Waals surface area contributed by atoms with Crippen LogP contribution in [0.1, 0.15) is 59.8 Å². The molecule has 1 aromatic heterocycles. The molecule has 2 fully saturated rings. The number of nitriles is 1. The molecule has 1 aromatic carbocycles. The molecule has 1 aliphatic carbocycles. The van der Waals surface area contributed by atoms with Gasteiger partial charge in [-0.3, -0.25) is 14.5 Å². The Kier molecular flexibility index (Phi) is 7.50. The van der Waals surface area contributed by atoms with Gasteiger partial charge in [-0.05, 0) is 62.1 Å². The van der Waals surface area contributed by atoms with Crippen LogP contribution >= 0.6 is 11.6 Å². The van der Waals surface area contributed by atoms with Crippen LogP contribution in [0.3, 0.4) is 0 Å². The molecule has 1 unspecified atom stereocenters. The number of nitrogens with one attached hydrogen (secondary N) is 1. The van der Waals surface area contributed by atoms with Crippen molar-refractivity contribution in [2.75, 3.05) is 25.0 Å². The molecule has 2 amide bonds. The molecule has 8 heteroatoms. The highest BCUT2D eigenvalue weighted by Gasteiger charge is 2.33. The molecule has 1 N–H and O–H groups in total. The normalized spacial score (nSPS) is 19.1. The van der Waals surface area contributed by atoms with E-state index in [0.29, 0.717) is 28.7 Å². The monoisotopic (exact) mass is 479 g/mol. The fraction of sp³-hybridized carbons (Fsp3) is 0.462. The molecule has 34 heavy (non-hydrogen) atoms. The van der Waals surface area contributed by atoms with Crippen molar-refractivity contribution in [3.05, 3.63) is 57.9 Å². The molecule has 4 rings (SSSR count). The van der Waals surface area contributed by atoms with Crippen molar-refractivity contribution >= 4 is 29.1 Å². The highest BCUT2D eigenvalue weighted by molar-refractivity contribution is 6.31. The smallest absolute Gasteiger partial charge is 0.257 e. The van der Waals surface area contributed by atoms with Gasteiger partial charge in [0.1, 0.15) is 11.8 Å². The van der Waals surface area contributed by atoms with E-state index in [2.05, 4.69) is 27.0 Å². The molecular formula is C26H30ClN5O2. The van der Waals surface area contributed by atoms with E-state index in [1.807, 2.05) is 19.1 Å². The first-order valence-corrected chi connectivity index (χ1v) is 12.2. The Labute approximate surface area is 205 Å². The summed E-state index contributed by atoms with van der Waals surface area (Å²) in [6.45, 7) is 7.16. The Morgan fingerprint density at radius 3 is 2.65 bits per heavy atom. The van der Waals surface area contributed by atoms with E-state index in [1.165, 1.54) is 25.1 Å². The predicted molar refractivity (Wildman–Crippen MR) is 132 cm³/mol. The van der Waals surface area contributed by atoms with Crippen LogP contribution in [0.5, 0.6) is 0 Å². The van der Waals surface area contributed by atoms with Crippen molar-refractivity contribution in [2.24, 2.45) is 5.92 Å². The summed E-state index contributed by atoms with van der Waals surface area (Å²) in [7, 11) is 0. The molecule has 0 bridgehead atoms. The number of halogens is 1. The van der Waals surface area contributed by atoms with Gasteiger partial charge in [0, 0.05) is 55.0 Å². The Bertz CT molecular complexity index is 1110. The lowest BCUT2D eigenvalue weighted by molar-refractivity contribution is -0.140. The summed E-state index contributed by atoms with van der Waals surface area (Å²) in [5.74, 6) is 0.230. The van der Waals surface area contributed by atoms with Crippen molar-refractivity contribution in [2.45, 2.75) is 52.1 Å². The topological polar surface area (TPSA) is 89.3 Å². The summed E-state index contributed by atoms with van der Waals surface area (Å²) < 4.78 is 0. The number of piperazine rings is 1. The van der Waals surface area contributed by atoms with Crippen LogP contribution in [0, 0.1) is 24.2 Å². The van der Waals surface area contributed by atoms with Gasteiger partial charge < -0.3 is 10.2 Å². The maximum atomic E-state index is 12.9. The van der Waals surface area contributed by atoms with E-state index in [-0.39, 0.29) is 23.6 Å². The van der Waals surface area contributed by atoms with Gasteiger partial charge in [0.25, 0.3) is 5.91 Å². The third kappa shape index (κ3) is 5.40. The minimum atomic E-state index is -0.305. The lowest BCUT2D eigenvalue weighted by atomic mass is 10.0. The highest BCUT2D eigenvalue weighted by atomic mass is 35.5. The Morgan fingerprint density at radius 2 is 2.00 bits per heavy atom. The SMILES string of the molecule is Cc1c(CN2CCN(C(=O)C3CCCC3)C(C)C2)cc(Cl)cc1NC(=O)c1ccc(C#N)nc1. The molecule has 1 atom stereocenters. The van der Waals surface area contributed by atoms with Crippen LogP contribution in [-0.2, 0) is 11.3 Å². The number of pyridine rings is 1. The first-order valence-electron chi connectivity index (χ1n) is 11.8. The first-order chi connectivity index (χ1) is 16.4. The van der Waals surface area contributed by atoms with Gasteiger partial charge in [-0.25, -0.2) is 4.98 Å². The van der Waals surface area contributed by atoms with Gasteiger partial charge in [0.2, 0.25) is 5.91 Å². The number of hydrogen-bond acceptors (Lipinski definition) is 5. The van der Waals surface area contributed by atoms with E-state index in [1.54, 1.807) is 12.1 Å². The van der Waals surface area contributed by atoms with Crippen LogP contribution in [0.15, 0.2) is 30.5 Å². The minimum Gasteiger partial charge on any atom is -0.337 e. The number of nitrogens with zero attached hydrogens (tertiary/aromatic N) is 4. The van der Waals surface area contributed by atoms with Crippen molar-refractivity contribution in [1.29, 1.82) is 5.26 Å². The van der Waals surface area contributed by atoms with Crippen molar-refractivity contribution in [3.8, 4) is 6.07 Å². The average molecular weight is 480 g/mol. The molecule has 2 heterocycles. The third-order valence-electron chi connectivity index (χ3n) is 6.96. The van der Waals surface area contributed by atoms with E-state index >= 15 is 0 Å². The number of anilines is 1. The van der Waals surface area contributed by atoms with Gasteiger partial charge in [0.15, 0.2) is 0 Å². The van der Waals surface area contributed by atoms with E-state index < -0.39 is 0 Å². The van der Waals surface area contributed by atoms with Crippen LogP contribution < -0.4 is 5.32 Å². The molecule has 0 radical (unpaired) electrons. The maximum absolute atomic E-state index is 12.9. The lowest BCUT2D eigenvalue weighted by Crippen LogP contribution is -2.54. The van der Waals surface area contributed by atoms with Gasteiger partial charge >= 0.3 is 0 Å². The number of carbonyl (C=O) groups excluding carboxylic acids is 2. The number of aromatic nitrogens is 1. The van der Waals surface area contributed by atoms with Crippen LogP contribution in [0.25, 0.3) is 0 Å². The summed E-state index contributed by atoms with van der Waals surface area (Å²) in [6, 6.07) is 8.90. The third-order valence-corrected chi connectivity index (χ3v) is 7.18. The minimum absolute atomic E-state index is 0.171. The molecule has 1 saturated heterocycles. The summed E-state index contributed by atoms with van der Waals surface area (Å²) in [5, 5.41) is 12.4. The number of rotatable bonds is 5. The predicted octanol–water partition coefficient (Wildman–Crippen LogP) is 4.39. The number of amides is 2. The Morgan fingerprint density at radius 1 is 1.24 bits per heavy atom. The standard InChI is InChI=1S/C26H30ClN5O2/c1-17-15-31(9-10-32(17)26(34)19-5-3-4-6-19)16-21-11-22(27)12-24(18(21)2)30-25(33)20-7-8-23(13-28)29-14-20/h7-8,11-12,14,17,19H,3-6,9-10,15-16H2,1-2H3,(H,30,33). The molecule has 0 spiro atoms. The van der Waals surface area contributed by atoms with Crippen molar-refractivity contribution in [1.82, 2.24) is 14.8 Å². The Balaban J connectivity index is 1.42. The van der Waals surface area contributed by atoms with Gasteiger partial charge in [-0.15, -0.1) is 0 Å². The van der Waals surface area contributed by atoms with E-state index in [4.69, 9.17) is 16.9 Å². The zero-order chi connectivity index (χ0) is 24.2. The van der Waals surface area contributed by atoms with Gasteiger partial charge in [0.05, 0.1) is 5.56 Å². The second-order valence-corrected chi connectivity index (χ2v) is 9.77. The Hall–Kier alpha value is -2.95. The molecule has 1 aliphatic heterocycles. The number of carbonyl (C=O) groups is 2. The number of hydrogen-bond donors (Lipinski definition) is 1. The quantitative estimate of drug-likeness (QED) is 0.686. The summed E-state index contributed by atoms with van der Waals surface area (Å²) in [5.41, 5.74) is 3.29. The zero-order valence-corrected chi connectivity index (χ0v) is 20.4. The fourth-order valence-electron chi connectivity index (χ4n) is 4.97. The first kappa shape index (κ1) is 24.2. The molecule has 2 aliphatic rings. The number of benzene rings is 1. The largest absolute Gasteiger partial charge is 0.337 e. The van der Waals surface area contributed by atoms with Crippen molar-refractivity contribution in [3.63, 3.8) is 0 Å². The van der Waals surface area contributed by atoms with E-state index in [9.17, 15) is 9.59 Å². The summed E-state index contributed by atoms with van der Waals surface area (Å²) >= 11 is 6.40. The molecular weight excluding hydrogens is 450 g/mol. The van der Waals surface area contributed by atoms with Crippen molar-refractivity contribution < 1.29 is 9.59 Å². The maximum Gasteiger partial charge on any atom is 0.257 e. The summed E-state index contributed by atoms with van der Waals surface area (Å²) in [4.78, 5) is 34.0. The zero-order valence-electron chi connectivity index (χ0n) is 19.7. The van der Waals surface area contributed by atoms with Crippen LogP contribution in [0.2, 0.25) is 5.02 Å². The molecule has 2 aromatic rings. The molecule has 7 nitrogen and oxygen atoms in total. The van der Waals surface area contributed by atoms with Gasteiger partial charge in [-0.2, -0.15) is 5.26 Å². The molecule has 178 valence electrons. The highest BCUT2D eigenvalue weighted by Crippen LogP contribution is 2.30.